The summed E-state index contributed by atoms with van der Waals surface area (Å²) in [5.74, 6) is 0.245. The van der Waals surface area contributed by atoms with Gasteiger partial charge in [-0.25, -0.2) is 13.4 Å². The fraction of sp³-hybridized carbons (Fsp3) is 0.444. The standard InChI is InChI=1S/C9H11BrN2O4S/c1-17(13,14)12-8-2-6(10)3-11-9(8)16-5-7-4-15-7/h2-3,7,12H,4-5H2,1H3. The van der Waals surface area contributed by atoms with Crippen LogP contribution < -0.4 is 9.46 Å². The Balaban J connectivity index is 2.16. The maximum atomic E-state index is 11.2. The molecule has 0 bridgehead atoms. The van der Waals surface area contributed by atoms with Gasteiger partial charge in [0.1, 0.15) is 18.4 Å². The highest BCUT2D eigenvalue weighted by molar-refractivity contribution is 9.10. The molecule has 1 aliphatic heterocycles. The Morgan fingerprint density at radius 1 is 1.71 bits per heavy atom. The van der Waals surface area contributed by atoms with Gasteiger partial charge in [-0.2, -0.15) is 0 Å². The minimum Gasteiger partial charge on any atom is -0.473 e. The Morgan fingerprint density at radius 3 is 3.00 bits per heavy atom. The normalized spacial score (nSPS) is 18.8. The van der Waals surface area contributed by atoms with Crippen molar-refractivity contribution in [3.8, 4) is 5.88 Å². The van der Waals surface area contributed by atoms with Crippen LogP contribution in [0.3, 0.4) is 0 Å². The van der Waals surface area contributed by atoms with Gasteiger partial charge in [0.05, 0.1) is 12.9 Å². The Hall–Kier alpha value is -0.860. The third kappa shape index (κ3) is 4.14. The number of ether oxygens (including phenoxy) is 2. The Morgan fingerprint density at radius 2 is 2.41 bits per heavy atom. The van der Waals surface area contributed by atoms with Crippen LogP contribution in [-0.4, -0.2) is 39.0 Å². The van der Waals surface area contributed by atoms with Gasteiger partial charge in [0.2, 0.25) is 15.9 Å². The van der Waals surface area contributed by atoms with Crippen LogP contribution >= 0.6 is 15.9 Å². The molecule has 94 valence electrons. The smallest absolute Gasteiger partial charge is 0.238 e. The second-order valence-corrected chi connectivity index (χ2v) is 6.31. The first-order valence-electron chi connectivity index (χ1n) is 4.82. The van der Waals surface area contributed by atoms with E-state index in [4.69, 9.17) is 9.47 Å². The summed E-state index contributed by atoms with van der Waals surface area (Å²) < 4.78 is 35.7. The number of epoxide rings is 1. The predicted molar refractivity (Wildman–Crippen MR) is 65.6 cm³/mol. The van der Waals surface area contributed by atoms with Crippen molar-refractivity contribution in [3.63, 3.8) is 0 Å². The van der Waals surface area contributed by atoms with E-state index in [2.05, 4.69) is 25.6 Å². The Labute approximate surface area is 108 Å². The number of hydrogen-bond donors (Lipinski definition) is 1. The van der Waals surface area contributed by atoms with Crippen LogP contribution in [0.2, 0.25) is 0 Å². The summed E-state index contributed by atoms with van der Waals surface area (Å²) in [6.07, 6.45) is 2.70. The summed E-state index contributed by atoms with van der Waals surface area (Å²) in [4.78, 5) is 4.01. The van der Waals surface area contributed by atoms with Crippen LogP contribution in [0.4, 0.5) is 5.69 Å². The van der Waals surface area contributed by atoms with Crippen LogP contribution in [0, 0.1) is 0 Å². The van der Waals surface area contributed by atoms with Crippen molar-refractivity contribution in [3.05, 3.63) is 16.7 Å². The van der Waals surface area contributed by atoms with Crippen LogP contribution in [0.5, 0.6) is 5.88 Å². The third-order valence-corrected chi connectivity index (χ3v) is 2.95. The zero-order valence-corrected chi connectivity index (χ0v) is 11.4. The zero-order valence-electron chi connectivity index (χ0n) is 9.01. The fourth-order valence-corrected chi connectivity index (χ4v) is 2.03. The van der Waals surface area contributed by atoms with Crippen molar-refractivity contribution < 1.29 is 17.9 Å². The maximum Gasteiger partial charge on any atom is 0.238 e. The van der Waals surface area contributed by atoms with Crippen molar-refractivity contribution in [1.29, 1.82) is 0 Å². The monoisotopic (exact) mass is 322 g/mol. The quantitative estimate of drug-likeness (QED) is 0.818. The Bertz CT molecular complexity index is 516. The molecule has 0 radical (unpaired) electrons. The highest BCUT2D eigenvalue weighted by Gasteiger charge is 2.24. The molecular weight excluding hydrogens is 312 g/mol. The van der Waals surface area contributed by atoms with Crippen molar-refractivity contribution in [1.82, 2.24) is 4.98 Å². The van der Waals surface area contributed by atoms with Gasteiger partial charge < -0.3 is 9.47 Å². The zero-order chi connectivity index (χ0) is 12.5. The SMILES string of the molecule is CS(=O)(=O)Nc1cc(Br)cnc1OCC1CO1. The predicted octanol–water partition coefficient (Wildman–Crippen LogP) is 0.993. The molecule has 2 heterocycles. The second-order valence-electron chi connectivity index (χ2n) is 3.65. The van der Waals surface area contributed by atoms with Crippen LogP contribution in [0.25, 0.3) is 0 Å². The molecule has 1 aliphatic rings. The van der Waals surface area contributed by atoms with E-state index in [-0.39, 0.29) is 12.0 Å². The van der Waals surface area contributed by atoms with Crippen molar-refractivity contribution in [2.24, 2.45) is 0 Å². The molecule has 0 spiro atoms. The summed E-state index contributed by atoms with van der Waals surface area (Å²) in [6, 6.07) is 1.59. The second kappa shape index (κ2) is 4.79. The van der Waals surface area contributed by atoms with E-state index >= 15 is 0 Å². The minimum atomic E-state index is -3.36. The highest BCUT2D eigenvalue weighted by Crippen LogP contribution is 2.26. The molecule has 17 heavy (non-hydrogen) atoms. The number of hydrogen-bond acceptors (Lipinski definition) is 5. The minimum absolute atomic E-state index is 0.0894. The van der Waals surface area contributed by atoms with E-state index in [0.29, 0.717) is 23.4 Å². The third-order valence-electron chi connectivity index (χ3n) is 1.92. The molecule has 0 saturated carbocycles. The molecule has 1 aromatic heterocycles. The van der Waals surface area contributed by atoms with E-state index in [1.54, 1.807) is 6.07 Å². The summed E-state index contributed by atoms with van der Waals surface area (Å²) in [5.41, 5.74) is 0.308. The van der Waals surface area contributed by atoms with Gasteiger partial charge in [-0.1, -0.05) is 0 Å². The van der Waals surface area contributed by atoms with E-state index in [9.17, 15) is 8.42 Å². The summed E-state index contributed by atoms with van der Waals surface area (Å²) in [6.45, 7) is 1.04. The number of nitrogens with zero attached hydrogens (tertiary/aromatic N) is 1. The number of rotatable bonds is 5. The van der Waals surface area contributed by atoms with Gasteiger partial charge in [0.15, 0.2) is 0 Å². The molecule has 1 saturated heterocycles. The average Bonchev–Trinajstić information content (AvgIpc) is 2.97. The topological polar surface area (TPSA) is 80.8 Å². The number of halogens is 1. The summed E-state index contributed by atoms with van der Waals surface area (Å²) in [5, 5.41) is 0. The van der Waals surface area contributed by atoms with Gasteiger partial charge in [-0.3, -0.25) is 4.72 Å². The van der Waals surface area contributed by atoms with Crippen molar-refractivity contribution in [2.75, 3.05) is 24.2 Å². The van der Waals surface area contributed by atoms with Gasteiger partial charge in [-0.05, 0) is 22.0 Å². The van der Waals surface area contributed by atoms with Gasteiger partial charge in [-0.15, -0.1) is 0 Å². The van der Waals surface area contributed by atoms with E-state index in [1.165, 1.54) is 6.20 Å². The number of sulfonamides is 1. The van der Waals surface area contributed by atoms with E-state index in [0.717, 1.165) is 6.26 Å². The molecule has 8 heteroatoms. The first kappa shape index (κ1) is 12.6. The molecule has 1 aromatic rings. The van der Waals surface area contributed by atoms with E-state index < -0.39 is 10.0 Å². The molecule has 1 atom stereocenters. The molecule has 1 fully saturated rings. The highest BCUT2D eigenvalue weighted by atomic mass is 79.9. The van der Waals surface area contributed by atoms with Crippen molar-refractivity contribution in [2.45, 2.75) is 6.10 Å². The lowest BCUT2D eigenvalue weighted by Gasteiger charge is -2.10. The molecule has 1 N–H and O–H groups in total. The van der Waals surface area contributed by atoms with Crippen LogP contribution in [-0.2, 0) is 14.8 Å². The lowest BCUT2D eigenvalue weighted by Crippen LogP contribution is -2.13. The number of aromatic nitrogens is 1. The lowest BCUT2D eigenvalue weighted by atomic mass is 10.4. The molecular formula is C9H11BrN2O4S. The fourth-order valence-electron chi connectivity index (χ4n) is 1.15. The molecule has 0 aliphatic carbocycles. The molecule has 2 rings (SSSR count). The first-order valence-corrected chi connectivity index (χ1v) is 7.50. The summed E-state index contributed by atoms with van der Waals surface area (Å²) >= 11 is 3.22. The van der Waals surface area contributed by atoms with Crippen molar-refractivity contribution >= 4 is 31.6 Å². The average molecular weight is 323 g/mol. The lowest BCUT2D eigenvalue weighted by molar-refractivity contribution is 0.256. The molecule has 0 aromatic carbocycles. The largest absolute Gasteiger partial charge is 0.473 e. The van der Waals surface area contributed by atoms with Crippen LogP contribution in [0.15, 0.2) is 16.7 Å². The Kier molecular flexibility index (Phi) is 3.55. The molecule has 0 amide bonds. The molecule has 6 nitrogen and oxygen atoms in total. The van der Waals surface area contributed by atoms with Gasteiger partial charge in [0.25, 0.3) is 0 Å². The number of nitrogens with one attached hydrogen (secondary N) is 1. The first-order chi connectivity index (χ1) is 7.94. The van der Waals surface area contributed by atoms with Crippen LogP contribution in [0.1, 0.15) is 0 Å². The van der Waals surface area contributed by atoms with E-state index in [1.807, 2.05) is 0 Å². The number of anilines is 1. The molecule has 1 unspecified atom stereocenters. The van der Waals surface area contributed by atoms with Gasteiger partial charge >= 0.3 is 0 Å². The van der Waals surface area contributed by atoms with Gasteiger partial charge in [0, 0.05) is 10.7 Å². The maximum absolute atomic E-state index is 11.2. The number of pyridine rings is 1. The summed E-state index contributed by atoms with van der Waals surface area (Å²) in [7, 11) is -3.36.